The minimum Gasteiger partial charge on any atom is -0.497 e. The third-order valence-electron chi connectivity index (χ3n) is 7.68. The average Bonchev–Trinajstić information content (AvgIpc) is 2.91. The van der Waals surface area contributed by atoms with Crippen LogP contribution in [0.4, 0.5) is 0 Å². The number of carbonyl (C=O) groups excluding carboxylic acids is 1. The van der Waals surface area contributed by atoms with E-state index in [9.17, 15) is 14.7 Å². The third-order valence-corrected chi connectivity index (χ3v) is 7.68. The van der Waals surface area contributed by atoms with Gasteiger partial charge in [0.2, 0.25) is 0 Å². The van der Waals surface area contributed by atoms with Gasteiger partial charge in [0.15, 0.2) is 5.78 Å². The van der Waals surface area contributed by atoms with Gasteiger partial charge in [-0.1, -0.05) is 12.1 Å². The summed E-state index contributed by atoms with van der Waals surface area (Å²) in [6.07, 6.45) is 3.94. The number of benzene rings is 1. The van der Waals surface area contributed by atoms with Crippen LogP contribution >= 0.6 is 0 Å². The topological polar surface area (TPSA) is 103 Å². The van der Waals surface area contributed by atoms with E-state index in [0.717, 1.165) is 63.4 Å². The van der Waals surface area contributed by atoms with E-state index in [-0.39, 0.29) is 18.3 Å². The van der Waals surface area contributed by atoms with Crippen LogP contribution in [0.1, 0.15) is 37.7 Å². The number of rotatable bonds is 10. The van der Waals surface area contributed by atoms with Gasteiger partial charge in [-0.05, 0) is 76.0 Å². The predicted octanol–water partition coefficient (Wildman–Crippen LogP) is 1.12. The van der Waals surface area contributed by atoms with Gasteiger partial charge >= 0.3 is 5.97 Å². The van der Waals surface area contributed by atoms with E-state index >= 15 is 0 Å². The first-order valence-electron chi connectivity index (χ1n) is 13.0. The molecule has 35 heavy (non-hydrogen) atoms. The second kappa shape index (κ2) is 12.3. The number of aryl methyl sites for hydroxylation is 1. The zero-order valence-electron chi connectivity index (χ0n) is 20.8. The first-order chi connectivity index (χ1) is 17.0. The highest BCUT2D eigenvalue weighted by Gasteiger charge is 2.54. The van der Waals surface area contributed by atoms with Crippen molar-refractivity contribution in [3.8, 4) is 5.75 Å². The lowest BCUT2D eigenvalue weighted by Gasteiger charge is -2.47. The maximum atomic E-state index is 13.7. The van der Waals surface area contributed by atoms with E-state index in [1.54, 1.807) is 12.0 Å². The van der Waals surface area contributed by atoms with Gasteiger partial charge in [0, 0.05) is 38.6 Å². The van der Waals surface area contributed by atoms with E-state index in [2.05, 4.69) is 15.5 Å². The van der Waals surface area contributed by atoms with Crippen LogP contribution in [0.5, 0.6) is 5.75 Å². The number of piperazine rings is 1. The van der Waals surface area contributed by atoms with Crippen molar-refractivity contribution in [1.29, 1.82) is 0 Å². The molecule has 0 saturated carbocycles. The van der Waals surface area contributed by atoms with Crippen molar-refractivity contribution in [2.75, 3.05) is 59.5 Å². The summed E-state index contributed by atoms with van der Waals surface area (Å²) < 4.78 is 11.5. The Kier molecular flexibility index (Phi) is 9.13. The summed E-state index contributed by atoms with van der Waals surface area (Å²) in [4.78, 5) is 30.9. The highest BCUT2D eigenvalue weighted by Crippen LogP contribution is 2.29. The normalized spacial score (nSPS) is 23.0. The summed E-state index contributed by atoms with van der Waals surface area (Å²) in [5, 5.41) is 17.2. The SMILES string of the molecule is COc1ccc(CCC(=O)[C@](OC2CCNCC2)(C(=O)O)N2CCN(C3CCNCC3)CC2)cc1. The summed E-state index contributed by atoms with van der Waals surface area (Å²) in [6, 6.07) is 8.07. The zero-order chi connectivity index (χ0) is 24.7. The molecule has 3 N–H and O–H groups in total. The standard InChI is InChI=1S/C26H40N4O5/c1-34-22-5-2-20(3-6-22)4-7-24(31)26(25(32)33,35-23-10-14-28-15-11-23)30-18-16-29(17-19-30)21-8-12-27-13-9-21/h2-3,5-6,21,23,27-28H,4,7-19H2,1H3,(H,32,33)/t26-/m0/s1. The quantitative estimate of drug-likeness (QED) is 0.418. The highest BCUT2D eigenvalue weighted by atomic mass is 16.6. The van der Waals surface area contributed by atoms with Crippen LogP contribution in [-0.2, 0) is 20.7 Å². The minimum atomic E-state index is -1.94. The lowest BCUT2D eigenvalue weighted by atomic mass is 9.96. The minimum absolute atomic E-state index is 0.109. The molecule has 194 valence electrons. The van der Waals surface area contributed by atoms with E-state index in [0.29, 0.717) is 38.4 Å². The number of ketones is 1. The molecule has 0 radical (unpaired) electrons. The van der Waals surface area contributed by atoms with Crippen LogP contribution in [0.3, 0.4) is 0 Å². The Bertz CT molecular complexity index is 831. The van der Waals surface area contributed by atoms with Gasteiger partial charge in [-0.2, -0.15) is 0 Å². The third kappa shape index (κ3) is 6.21. The fourth-order valence-electron chi connectivity index (χ4n) is 5.57. The molecule has 0 spiro atoms. The lowest BCUT2D eigenvalue weighted by molar-refractivity contribution is -0.217. The van der Waals surface area contributed by atoms with Crippen molar-refractivity contribution in [1.82, 2.24) is 20.4 Å². The Morgan fingerprint density at radius 1 is 0.971 bits per heavy atom. The molecule has 3 aliphatic rings. The number of nitrogens with zero attached hydrogens (tertiary/aromatic N) is 2. The lowest BCUT2D eigenvalue weighted by Crippen LogP contribution is -2.68. The van der Waals surface area contributed by atoms with Crippen LogP contribution < -0.4 is 15.4 Å². The molecule has 0 aliphatic carbocycles. The van der Waals surface area contributed by atoms with Gasteiger partial charge in [0.1, 0.15) is 5.75 Å². The first-order valence-corrected chi connectivity index (χ1v) is 13.0. The van der Waals surface area contributed by atoms with Crippen molar-refractivity contribution < 1.29 is 24.2 Å². The Hall–Kier alpha value is -2.04. The maximum Gasteiger partial charge on any atom is 0.359 e. The van der Waals surface area contributed by atoms with Gasteiger partial charge < -0.3 is 25.2 Å². The number of ether oxygens (including phenoxy) is 2. The molecule has 4 rings (SSSR count). The molecule has 3 saturated heterocycles. The van der Waals surface area contributed by atoms with Crippen LogP contribution in [0.15, 0.2) is 24.3 Å². The summed E-state index contributed by atoms with van der Waals surface area (Å²) in [6.45, 7) is 6.10. The second-order valence-electron chi connectivity index (χ2n) is 9.79. The molecule has 9 nitrogen and oxygen atoms in total. The van der Waals surface area contributed by atoms with Gasteiger partial charge in [0.05, 0.1) is 13.2 Å². The fraction of sp³-hybridized carbons (Fsp3) is 0.692. The molecule has 0 amide bonds. The Morgan fingerprint density at radius 2 is 1.57 bits per heavy atom. The molecule has 3 aliphatic heterocycles. The number of hydrogen-bond acceptors (Lipinski definition) is 8. The summed E-state index contributed by atoms with van der Waals surface area (Å²) in [7, 11) is 1.61. The summed E-state index contributed by atoms with van der Waals surface area (Å²) >= 11 is 0. The molecule has 1 atom stereocenters. The number of carboxylic acids is 1. The number of hydrogen-bond donors (Lipinski definition) is 3. The molecule has 1 aromatic rings. The Labute approximate surface area is 208 Å². The molecule has 1 aromatic carbocycles. The molecule has 3 fully saturated rings. The number of nitrogens with one attached hydrogen (secondary N) is 2. The van der Waals surface area contributed by atoms with Crippen LogP contribution in [0.2, 0.25) is 0 Å². The molecule has 9 heteroatoms. The van der Waals surface area contributed by atoms with E-state index in [1.165, 1.54) is 0 Å². The number of methoxy groups -OCH3 is 1. The number of piperidine rings is 2. The van der Waals surface area contributed by atoms with E-state index in [4.69, 9.17) is 9.47 Å². The molecular formula is C26H40N4O5. The molecule has 0 aromatic heterocycles. The van der Waals surface area contributed by atoms with Gasteiger partial charge in [-0.3, -0.25) is 14.6 Å². The number of carboxylic acid groups (broad SMARTS) is 1. The predicted molar refractivity (Wildman–Crippen MR) is 133 cm³/mol. The van der Waals surface area contributed by atoms with Crippen molar-refractivity contribution in [3.05, 3.63) is 29.8 Å². The van der Waals surface area contributed by atoms with Crippen molar-refractivity contribution in [3.63, 3.8) is 0 Å². The maximum absolute atomic E-state index is 13.7. The smallest absolute Gasteiger partial charge is 0.359 e. The van der Waals surface area contributed by atoms with Crippen LogP contribution in [0, 0.1) is 0 Å². The summed E-state index contributed by atoms with van der Waals surface area (Å²) in [5.41, 5.74) is -0.967. The van der Waals surface area contributed by atoms with Gasteiger partial charge in [0.25, 0.3) is 5.72 Å². The molecule has 0 bridgehead atoms. The van der Waals surface area contributed by atoms with E-state index < -0.39 is 11.7 Å². The first kappa shape index (κ1) is 26.0. The van der Waals surface area contributed by atoms with Crippen LogP contribution in [-0.4, -0.2) is 104 Å². The van der Waals surface area contributed by atoms with Gasteiger partial charge in [-0.25, -0.2) is 4.79 Å². The highest BCUT2D eigenvalue weighted by molar-refractivity contribution is 6.06. The molecule has 0 unspecified atom stereocenters. The van der Waals surface area contributed by atoms with Gasteiger partial charge in [-0.15, -0.1) is 0 Å². The molecule has 3 heterocycles. The average molecular weight is 489 g/mol. The van der Waals surface area contributed by atoms with Crippen LogP contribution in [0.25, 0.3) is 0 Å². The second-order valence-corrected chi connectivity index (χ2v) is 9.79. The van der Waals surface area contributed by atoms with E-state index in [1.807, 2.05) is 24.3 Å². The van der Waals surface area contributed by atoms with Crippen molar-refractivity contribution in [2.24, 2.45) is 0 Å². The molecular weight excluding hydrogens is 448 g/mol. The monoisotopic (exact) mass is 488 g/mol. The fourth-order valence-corrected chi connectivity index (χ4v) is 5.57. The number of aliphatic carboxylic acids is 1. The van der Waals surface area contributed by atoms with Crippen molar-refractivity contribution >= 4 is 11.8 Å². The number of carbonyl (C=O) groups is 2. The summed E-state index contributed by atoms with van der Waals surface area (Å²) in [5.74, 6) is -0.804. The Morgan fingerprint density at radius 3 is 2.14 bits per heavy atom. The Balaban J connectivity index is 1.49. The van der Waals surface area contributed by atoms with Crippen molar-refractivity contribution in [2.45, 2.75) is 56.4 Å². The zero-order valence-corrected chi connectivity index (χ0v) is 20.8. The largest absolute Gasteiger partial charge is 0.497 e. The number of Topliss-reactive ketones (excluding diaryl/α,β-unsaturated/α-hetero) is 1.